The number of anilines is 1. The van der Waals surface area contributed by atoms with Crippen molar-refractivity contribution in [2.45, 2.75) is 19.4 Å². The average Bonchev–Trinajstić information content (AvgIpc) is 2.82. The normalized spacial score (nSPS) is 19.7. The third-order valence-electron chi connectivity index (χ3n) is 4.26. The molecule has 0 radical (unpaired) electrons. The Balaban J connectivity index is 1.72. The van der Waals surface area contributed by atoms with Crippen LogP contribution in [0.15, 0.2) is 54.6 Å². The summed E-state index contributed by atoms with van der Waals surface area (Å²) >= 11 is 0. The van der Waals surface area contributed by atoms with E-state index in [1.165, 1.54) is 0 Å². The molecule has 128 valence electrons. The van der Waals surface area contributed by atoms with Crippen molar-refractivity contribution in [1.29, 1.82) is 0 Å². The second kappa shape index (κ2) is 6.39. The molecule has 1 heterocycles. The molecule has 0 bridgehead atoms. The van der Waals surface area contributed by atoms with Crippen molar-refractivity contribution in [2.24, 2.45) is 0 Å². The van der Waals surface area contributed by atoms with Crippen LogP contribution in [0.2, 0.25) is 0 Å². The number of amides is 4. The summed E-state index contributed by atoms with van der Waals surface area (Å²) in [6, 6.07) is 15.7. The number of nitrogens with one attached hydrogen (secondary N) is 2. The molecule has 3 rings (SSSR count). The Hall–Kier alpha value is -3.15. The van der Waals surface area contributed by atoms with Gasteiger partial charge in [-0.05, 0) is 31.5 Å². The van der Waals surface area contributed by atoms with Crippen molar-refractivity contribution in [1.82, 2.24) is 10.2 Å². The number of carbonyl (C=O) groups is 3. The molecule has 6 heteroatoms. The number of benzene rings is 2. The Morgan fingerprint density at radius 3 is 2.36 bits per heavy atom. The lowest BCUT2D eigenvalue weighted by atomic mass is 9.92. The zero-order valence-electron chi connectivity index (χ0n) is 14.1. The van der Waals surface area contributed by atoms with E-state index in [1.54, 1.807) is 43.3 Å². The molecule has 4 amide bonds. The Bertz CT molecular complexity index is 818. The summed E-state index contributed by atoms with van der Waals surface area (Å²) in [5.74, 6) is -0.868. The van der Waals surface area contributed by atoms with Gasteiger partial charge in [-0.15, -0.1) is 0 Å². The highest BCUT2D eigenvalue weighted by atomic mass is 16.2. The molecular weight excluding hydrogens is 318 g/mol. The summed E-state index contributed by atoms with van der Waals surface area (Å²) in [5, 5.41) is 5.37. The van der Waals surface area contributed by atoms with Crippen molar-refractivity contribution in [3.63, 3.8) is 0 Å². The maximum atomic E-state index is 12.7. The van der Waals surface area contributed by atoms with Crippen LogP contribution in [0.4, 0.5) is 10.5 Å². The minimum atomic E-state index is -1.16. The Morgan fingerprint density at radius 2 is 1.72 bits per heavy atom. The van der Waals surface area contributed by atoms with Crippen LogP contribution in [0.3, 0.4) is 0 Å². The fourth-order valence-electron chi connectivity index (χ4n) is 2.79. The number of nitrogens with zero attached hydrogens (tertiary/aromatic N) is 1. The molecule has 0 aromatic heterocycles. The lowest BCUT2D eigenvalue weighted by Crippen LogP contribution is -2.42. The van der Waals surface area contributed by atoms with E-state index in [2.05, 4.69) is 10.6 Å². The van der Waals surface area contributed by atoms with Crippen LogP contribution in [-0.4, -0.2) is 29.3 Å². The van der Waals surface area contributed by atoms with Crippen LogP contribution in [0.25, 0.3) is 0 Å². The van der Waals surface area contributed by atoms with Crippen LogP contribution < -0.4 is 10.6 Å². The number of hydrogen-bond acceptors (Lipinski definition) is 3. The van der Waals surface area contributed by atoms with Gasteiger partial charge in [0.05, 0.1) is 0 Å². The first-order valence-corrected chi connectivity index (χ1v) is 7.96. The molecule has 0 spiro atoms. The van der Waals surface area contributed by atoms with Gasteiger partial charge in [0.1, 0.15) is 12.1 Å². The first-order valence-electron chi connectivity index (χ1n) is 7.96. The standard InChI is InChI=1S/C19H19N3O3/c1-13-8-10-15(11-9-13)20-16(23)12-22-17(24)19(2,21-18(22)25)14-6-4-3-5-7-14/h3-11H,12H2,1-2H3,(H,20,23)(H,21,25)/t19-/m0/s1. The van der Waals surface area contributed by atoms with Crippen molar-refractivity contribution in [2.75, 3.05) is 11.9 Å². The molecule has 2 N–H and O–H groups in total. The smallest absolute Gasteiger partial charge is 0.325 e. The van der Waals surface area contributed by atoms with E-state index in [-0.39, 0.29) is 6.54 Å². The molecule has 0 aliphatic carbocycles. The lowest BCUT2D eigenvalue weighted by Gasteiger charge is -2.22. The molecule has 6 nitrogen and oxygen atoms in total. The highest BCUT2D eigenvalue weighted by molar-refractivity contribution is 6.10. The van der Waals surface area contributed by atoms with Crippen LogP contribution >= 0.6 is 0 Å². The van der Waals surface area contributed by atoms with Gasteiger partial charge in [0.25, 0.3) is 5.91 Å². The van der Waals surface area contributed by atoms with Gasteiger partial charge in [-0.3, -0.25) is 14.5 Å². The summed E-state index contributed by atoms with van der Waals surface area (Å²) in [5.41, 5.74) is 1.21. The van der Waals surface area contributed by atoms with E-state index in [9.17, 15) is 14.4 Å². The summed E-state index contributed by atoms with van der Waals surface area (Å²) in [7, 11) is 0. The number of carbonyl (C=O) groups excluding carboxylic acids is 3. The van der Waals surface area contributed by atoms with E-state index < -0.39 is 23.4 Å². The van der Waals surface area contributed by atoms with E-state index in [0.29, 0.717) is 11.3 Å². The average molecular weight is 337 g/mol. The Labute approximate surface area is 145 Å². The van der Waals surface area contributed by atoms with Gasteiger partial charge in [0.2, 0.25) is 5.91 Å². The van der Waals surface area contributed by atoms with Crippen molar-refractivity contribution >= 4 is 23.5 Å². The third kappa shape index (κ3) is 3.24. The van der Waals surface area contributed by atoms with E-state index >= 15 is 0 Å². The van der Waals surface area contributed by atoms with E-state index in [0.717, 1.165) is 10.5 Å². The monoisotopic (exact) mass is 337 g/mol. The number of hydrogen-bond donors (Lipinski definition) is 2. The van der Waals surface area contributed by atoms with Gasteiger partial charge < -0.3 is 10.6 Å². The van der Waals surface area contributed by atoms with E-state index in [4.69, 9.17) is 0 Å². The van der Waals surface area contributed by atoms with Crippen LogP contribution in [0, 0.1) is 6.92 Å². The number of rotatable bonds is 4. The largest absolute Gasteiger partial charge is 0.325 e. The Morgan fingerprint density at radius 1 is 1.08 bits per heavy atom. The Kier molecular flexibility index (Phi) is 4.27. The predicted octanol–water partition coefficient (Wildman–Crippen LogP) is 2.40. The summed E-state index contributed by atoms with van der Waals surface area (Å²) in [6.45, 7) is 3.25. The first kappa shape index (κ1) is 16.7. The maximum absolute atomic E-state index is 12.7. The molecule has 1 saturated heterocycles. The lowest BCUT2D eigenvalue weighted by molar-refractivity contribution is -0.133. The van der Waals surface area contributed by atoms with Crippen molar-refractivity contribution < 1.29 is 14.4 Å². The summed E-state index contributed by atoms with van der Waals surface area (Å²) < 4.78 is 0. The number of aryl methyl sites for hydroxylation is 1. The molecule has 1 aliphatic heterocycles. The highest BCUT2D eigenvalue weighted by Gasteiger charge is 2.49. The second-order valence-electron chi connectivity index (χ2n) is 6.23. The van der Waals surface area contributed by atoms with Gasteiger partial charge in [-0.1, -0.05) is 48.0 Å². The molecule has 25 heavy (non-hydrogen) atoms. The van der Waals surface area contributed by atoms with Gasteiger partial charge in [0.15, 0.2) is 0 Å². The van der Waals surface area contributed by atoms with Crippen molar-refractivity contribution in [3.8, 4) is 0 Å². The third-order valence-corrected chi connectivity index (χ3v) is 4.26. The zero-order valence-corrected chi connectivity index (χ0v) is 14.1. The first-order chi connectivity index (χ1) is 11.9. The maximum Gasteiger partial charge on any atom is 0.325 e. The molecule has 0 unspecified atom stereocenters. The predicted molar refractivity (Wildman–Crippen MR) is 93.8 cm³/mol. The van der Waals surface area contributed by atoms with Gasteiger partial charge >= 0.3 is 6.03 Å². The second-order valence-corrected chi connectivity index (χ2v) is 6.23. The summed E-state index contributed by atoms with van der Waals surface area (Å²) in [6.07, 6.45) is 0. The molecule has 2 aromatic rings. The topological polar surface area (TPSA) is 78.5 Å². The molecule has 1 aliphatic rings. The van der Waals surface area contributed by atoms with Gasteiger partial charge in [0, 0.05) is 5.69 Å². The SMILES string of the molecule is Cc1ccc(NC(=O)CN2C(=O)N[C@@](C)(c3ccccc3)C2=O)cc1. The van der Waals surface area contributed by atoms with E-state index in [1.807, 2.05) is 25.1 Å². The molecular formula is C19H19N3O3. The van der Waals surface area contributed by atoms with Crippen LogP contribution in [0.5, 0.6) is 0 Å². The number of urea groups is 1. The zero-order chi connectivity index (χ0) is 18.0. The quantitative estimate of drug-likeness (QED) is 0.841. The molecule has 1 atom stereocenters. The van der Waals surface area contributed by atoms with Crippen molar-refractivity contribution in [3.05, 3.63) is 65.7 Å². The molecule has 1 fully saturated rings. The van der Waals surface area contributed by atoms with Crippen LogP contribution in [-0.2, 0) is 15.1 Å². The summed E-state index contributed by atoms with van der Waals surface area (Å²) in [4.78, 5) is 38.1. The fourth-order valence-corrected chi connectivity index (χ4v) is 2.79. The van der Waals surface area contributed by atoms with Gasteiger partial charge in [-0.25, -0.2) is 4.79 Å². The molecule has 0 saturated carbocycles. The number of imide groups is 1. The minimum Gasteiger partial charge on any atom is -0.325 e. The highest BCUT2D eigenvalue weighted by Crippen LogP contribution is 2.28. The minimum absolute atomic E-state index is 0.332. The van der Waals surface area contributed by atoms with Crippen LogP contribution in [0.1, 0.15) is 18.1 Å². The fraction of sp³-hybridized carbons (Fsp3) is 0.211. The van der Waals surface area contributed by atoms with Gasteiger partial charge in [-0.2, -0.15) is 0 Å². The molecule has 2 aromatic carbocycles.